The number of nitrogens with one attached hydrogen (secondary N) is 2. The van der Waals surface area contributed by atoms with Gasteiger partial charge in [0, 0.05) is 10.2 Å². The number of benzene rings is 3. The van der Waals surface area contributed by atoms with Gasteiger partial charge in [0.05, 0.1) is 17.7 Å². The van der Waals surface area contributed by atoms with Crippen molar-refractivity contribution in [2.45, 2.75) is 27.2 Å². The molecule has 0 aromatic heterocycles. The number of halogens is 1. The zero-order chi connectivity index (χ0) is 30.4. The van der Waals surface area contributed by atoms with Gasteiger partial charge in [0.1, 0.15) is 6.54 Å². The zero-order valence-corrected chi connectivity index (χ0v) is 26.0. The lowest BCUT2D eigenvalue weighted by Crippen LogP contribution is -2.36. The number of carbonyl (C=O) groups is 4. The number of rotatable bonds is 10. The van der Waals surface area contributed by atoms with Crippen LogP contribution >= 0.6 is 27.7 Å². The number of carbonyl (C=O) groups excluding carboxylic acids is 4. The van der Waals surface area contributed by atoms with Gasteiger partial charge in [-0.3, -0.25) is 24.1 Å². The summed E-state index contributed by atoms with van der Waals surface area (Å²) in [6, 6.07) is 16.1. The molecule has 0 aliphatic carbocycles. The van der Waals surface area contributed by atoms with E-state index >= 15 is 0 Å². The Labute approximate surface area is 256 Å². The summed E-state index contributed by atoms with van der Waals surface area (Å²) in [4.78, 5) is 51.6. The van der Waals surface area contributed by atoms with E-state index in [1.807, 2.05) is 45.0 Å². The Morgan fingerprint density at radius 3 is 2.36 bits per heavy atom. The van der Waals surface area contributed by atoms with E-state index in [2.05, 4.69) is 26.6 Å². The Bertz CT molecular complexity index is 1570. The lowest BCUT2D eigenvalue weighted by Gasteiger charge is -2.13. The van der Waals surface area contributed by atoms with E-state index < -0.39 is 23.6 Å². The van der Waals surface area contributed by atoms with Crippen molar-refractivity contribution >= 4 is 68.1 Å². The van der Waals surface area contributed by atoms with E-state index in [4.69, 9.17) is 9.47 Å². The summed E-state index contributed by atoms with van der Waals surface area (Å²) < 4.78 is 11.9. The minimum atomic E-state index is -0.560. The Morgan fingerprint density at radius 2 is 1.67 bits per heavy atom. The number of hydrogen-bond acceptors (Lipinski definition) is 7. The molecule has 4 rings (SSSR count). The summed E-state index contributed by atoms with van der Waals surface area (Å²) in [5.74, 6) is -0.701. The smallest absolute Gasteiger partial charge is 0.294 e. The molecule has 1 fully saturated rings. The number of anilines is 2. The number of aryl methyl sites for hydroxylation is 3. The van der Waals surface area contributed by atoms with Gasteiger partial charge in [0.2, 0.25) is 5.91 Å². The minimum Gasteiger partial charge on any atom is -0.493 e. The van der Waals surface area contributed by atoms with Crippen LogP contribution in [0.1, 0.15) is 29.2 Å². The van der Waals surface area contributed by atoms with Crippen molar-refractivity contribution in [2.75, 3.05) is 30.9 Å². The van der Waals surface area contributed by atoms with Crippen LogP contribution in [0.2, 0.25) is 0 Å². The van der Waals surface area contributed by atoms with Crippen molar-refractivity contribution in [1.82, 2.24) is 4.90 Å². The number of amides is 4. The van der Waals surface area contributed by atoms with E-state index in [0.29, 0.717) is 28.4 Å². The van der Waals surface area contributed by atoms with Gasteiger partial charge in [-0.05, 0) is 113 Å². The molecular formula is C31H30BrN3O6S. The first-order valence-electron chi connectivity index (χ1n) is 13.1. The molecule has 0 bridgehead atoms. The average molecular weight is 653 g/mol. The molecule has 0 radical (unpaired) electrons. The fraction of sp³-hybridized carbons (Fsp3) is 0.226. The second kappa shape index (κ2) is 13.7. The van der Waals surface area contributed by atoms with Crippen LogP contribution in [0.4, 0.5) is 16.2 Å². The van der Waals surface area contributed by atoms with Gasteiger partial charge in [-0.2, -0.15) is 0 Å². The van der Waals surface area contributed by atoms with Gasteiger partial charge in [-0.15, -0.1) is 0 Å². The summed E-state index contributed by atoms with van der Waals surface area (Å²) in [5, 5.41) is 5.01. The van der Waals surface area contributed by atoms with Crippen LogP contribution < -0.4 is 20.1 Å². The molecule has 0 unspecified atom stereocenters. The third-order valence-corrected chi connectivity index (χ3v) is 8.09. The maximum atomic E-state index is 12.9. The van der Waals surface area contributed by atoms with Gasteiger partial charge >= 0.3 is 0 Å². The molecule has 0 atom stereocenters. The molecule has 2 N–H and O–H groups in total. The van der Waals surface area contributed by atoms with Crippen LogP contribution in [-0.4, -0.2) is 48.1 Å². The molecule has 9 nitrogen and oxygen atoms in total. The minimum absolute atomic E-state index is 0.175. The van der Waals surface area contributed by atoms with Gasteiger partial charge in [0.15, 0.2) is 18.1 Å². The van der Waals surface area contributed by atoms with E-state index in [0.717, 1.165) is 44.2 Å². The molecule has 1 saturated heterocycles. The Balaban J connectivity index is 1.37. The fourth-order valence-electron chi connectivity index (χ4n) is 4.06. The fourth-order valence-corrected chi connectivity index (χ4v) is 5.45. The topological polar surface area (TPSA) is 114 Å². The monoisotopic (exact) mass is 651 g/mol. The first kappa shape index (κ1) is 30.9. The van der Waals surface area contributed by atoms with Crippen LogP contribution in [-0.2, 0) is 20.8 Å². The molecule has 11 heteroatoms. The van der Waals surface area contributed by atoms with Gasteiger partial charge < -0.3 is 20.1 Å². The highest BCUT2D eigenvalue weighted by Gasteiger charge is 2.36. The van der Waals surface area contributed by atoms with Crippen molar-refractivity contribution < 1.29 is 28.7 Å². The molecule has 4 amide bonds. The second-order valence-electron chi connectivity index (χ2n) is 9.53. The Kier molecular flexibility index (Phi) is 10.1. The van der Waals surface area contributed by atoms with Gasteiger partial charge in [-0.25, -0.2) is 0 Å². The summed E-state index contributed by atoms with van der Waals surface area (Å²) in [5.41, 5.74) is 5.09. The van der Waals surface area contributed by atoms with Crippen molar-refractivity contribution in [2.24, 2.45) is 0 Å². The largest absolute Gasteiger partial charge is 0.493 e. The van der Waals surface area contributed by atoms with Crippen molar-refractivity contribution in [3.8, 4) is 11.5 Å². The average Bonchev–Trinajstić information content (AvgIpc) is 3.22. The van der Waals surface area contributed by atoms with Crippen LogP contribution in [0.5, 0.6) is 11.5 Å². The molecular weight excluding hydrogens is 622 g/mol. The third-order valence-electron chi connectivity index (χ3n) is 6.52. The second-order valence-corrected chi connectivity index (χ2v) is 11.4. The SMILES string of the molecule is CCc1ccc(NC(=O)CN2C(=O)S/C(=C/c3ccc(OCC(=O)Nc4cc(C)c(C)cc4Br)c(OC)c3)C2=O)cc1. The van der Waals surface area contributed by atoms with Crippen LogP contribution in [0.3, 0.4) is 0 Å². The standard InChI is InChI=1S/C31H30BrN3O6S/c1-5-20-6-9-22(10-7-20)33-28(36)16-35-30(38)27(42-31(35)39)15-21-8-11-25(26(14-21)40-4)41-17-29(37)34-24-13-19(3)18(2)12-23(24)32/h6-15H,5,16-17H2,1-4H3,(H,33,36)(H,34,37)/b27-15+. The lowest BCUT2D eigenvalue weighted by atomic mass is 10.1. The molecule has 218 valence electrons. The Hall–Kier alpha value is -4.09. The third kappa shape index (κ3) is 7.59. The molecule has 1 aliphatic heterocycles. The summed E-state index contributed by atoms with van der Waals surface area (Å²) in [6.45, 7) is 5.34. The summed E-state index contributed by atoms with van der Waals surface area (Å²) in [6.07, 6.45) is 2.42. The molecule has 3 aromatic carbocycles. The number of nitrogens with zero attached hydrogens (tertiary/aromatic N) is 1. The quantitative estimate of drug-likeness (QED) is 0.246. The predicted molar refractivity (Wildman–Crippen MR) is 168 cm³/mol. The van der Waals surface area contributed by atoms with Crippen LogP contribution in [0, 0.1) is 13.8 Å². The first-order valence-corrected chi connectivity index (χ1v) is 14.7. The number of imide groups is 1. The Morgan fingerprint density at radius 1 is 0.952 bits per heavy atom. The van der Waals surface area contributed by atoms with Crippen LogP contribution in [0.15, 0.2) is 64.0 Å². The van der Waals surface area contributed by atoms with E-state index in [9.17, 15) is 19.2 Å². The molecule has 0 spiro atoms. The van der Waals surface area contributed by atoms with Gasteiger partial charge in [-0.1, -0.05) is 25.1 Å². The summed E-state index contributed by atoms with van der Waals surface area (Å²) in [7, 11) is 1.46. The van der Waals surface area contributed by atoms with E-state index in [-0.39, 0.29) is 17.4 Å². The number of hydrogen-bond donors (Lipinski definition) is 2. The maximum absolute atomic E-state index is 12.9. The molecule has 1 aliphatic rings. The predicted octanol–water partition coefficient (Wildman–Crippen LogP) is 6.33. The highest BCUT2D eigenvalue weighted by atomic mass is 79.9. The highest BCUT2D eigenvalue weighted by molar-refractivity contribution is 9.10. The molecule has 42 heavy (non-hydrogen) atoms. The number of methoxy groups -OCH3 is 1. The van der Waals surface area contributed by atoms with Crippen molar-refractivity contribution in [1.29, 1.82) is 0 Å². The van der Waals surface area contributed by atoms with E-state index in [1.54, 1.807) is 36.4 Å². The molecule has 3 aromatic rings. The van der Waals surface area contributed by atoms with Crippen LogP contribution in [0.25, 0.3) is 6.08 Å². The molecule has 0 saturated carbocycles. The van der Waals surface area contributed by atoms with E-state index in [1.165, 1.54) is 7.11 Å². The molecule has 1 heterocycles. The highest BCUT2D eigenvalue weighted by Crippen LogP contribution is 2.34. The maximum Gasteiger partial charge on any atom is 0.294 e. The number of thioether (sulfide) groups is 1. The normalized spacial score (nSPS) is 13.8. The zero-order valence-electron chi connectivity index (χ0n) is 23.6. The lowest BCUT2D eigenvalue weighted by molar-refractivity contribution is -0.127. The first-order chi connectivity index (χ1) is 20.1. The summed E-state index contributed by atoms with van der Waals surface area (Å²) >= 11 is 4.22. The van der Waals surface area contributed by atoms with Gasteiger partial charge in [0.25, 0.3) is 17.1 Å². The number of ether oxygens (including phenoxy) is 2. The van der Waals surface area contributed by atoms with Crippen molar-refractivity contribution in [3.05, 3.63) is 86.2 Å². The van der Waals surface area contributed by atoms with Crippen molar-refractivity contribution in [3.63, 3.8) is 0 Å².